The molecule has 0 aromatic heterocycles. The molecule has 1 heterocycles. The predicted octanol–water partition coefficient (Wildman–Crippen LogP) is 3.14. The molecule has 2 atom stereocenters. The van der Waals surface area contributed by atoms with Gasteiger partial charge in [-0.25, -0.2) is 4.39 Å². The Morgan fingerprint density at radius 2 is 2.23 bits per heavy atom. The number of benzene rings is 1. The van der Waals surface area contributed by atoms with E-state index in [4.69, 9.17) is 4.74 Å². The summed E-state index contributed by atoms with van der Waals surface area (Å²) in [6, 6.07) is 5.04. The predicted molar refractivity (Wildman–Crippen MR) is 86.4 cm³/mol. The molecule has 1 aromatic carbocycles. The first kappa shape index (κ1) is 17.4. The Hall–Kier alpha value is -0.970. The Morgan fingerprint density at radius 1 is 1.41 bits per heavy atom. The average molecular weight is 309 g/mol. The lowest BCUT2D eigenvalue weighted by Gasteiger charge is -2.40. The molecule has 0 bridgehead atoms. The van der Waals surface area contributed by atoms with Gasteiger partial charge in [-0.1, -0.05) is 12.1 Å². The monoisotopic (exact) mass is 309 g/mol. The zero-order valence-corrected chi connectivity index (χ0v) is 13.7. The number of ether oxygens (including phenoxy) is 1. The van der Waals surface area contributed by atoms with Crippen molar-refractivity contribution < 1.29 is 14.2 Å². The number of hydrogen-bond donors (Lipinski definition) is 2. The third-order valence-electron chi connectivity index (χ3n) is 4.86. The lowest BCUT2D eigenvalue weighted by Crippen LogP contribution is -2.44. The first-order valence-corrected chi connectivity index (χ1v) is 8.27. The number of rotatable bonds is 7. The largest absolute Gasteiger partial charge is 0.385 e. The van der Waals surface area contributed by atoms with Crippen molar-refractivity contribution in [3.63, 3.8) is 0 Å². The smallest absolute Gasteiger partial charge is 0.126 e. The van der Waals surface area contributed by atoms with Crippen LogP contribution < -0.4 is 5.32 Å². The van der Waals surface area contributed by atoms with Crippen LogP contribution >= 0.6 is 0 Å². The van der Waals surface area contributed by atoms with Crippen LogP contribution in [0, 0.1) is 18.7 Å². The summed E-state index contributed by atoms with van der Waals surface area (Å²) in [7, 11) is 1.69. The molecule has 1 unspecified atom stereocenters. The maximum absolute atomic E-state index is 14.0. The van der Waals surface area contributed by atoms with E-state index in [9.17, 15) is 9.50 Å². The number of aliphatic hydroxyl groups is 1. The van der Waals surface area contributed by atoms with Crippen molar-refractivity contribution in [1.82, 2.24) is 5.32 Å². The minimum absolute atomic E-state index is 0.129. The molecule has 4 heteroatoms. The molecule has 0 amide bonds. The van der Waals surface area contributed by atoms with Crippen LogP contribution in [0.2, 0.25) is 0 Å². The second kappa shape index (κ2) is 8.04. The van der Waals surface area contributed by atoms with Crippen LogP contribution in [0.3, 0.4) is 0 Å². The highest BCUT2D eigenvalue weighted by Crippen LogP contribution is 2.40. The molecule has 1 aromatic rings. The highest BCUT2D eigenvalue weighted by Gasteiger charge is 2.39. The molecule has 22 heavy (non-hydrogen) atoms. The van der Waals surface area contributed by atoms with Crippen molar-refractivity contribution in [1.29, 1.82) is 0 Å². The molecular weight excluding hydrogens is 281 g/mol. The van der Waals surface area contributed by atoms with Gasteiger partial charge in [-0.2, -0.15) is 0 Å². The Morgan fingerprint density at radius 3 is 2.91 bits per heavy atom. The summed E-state index contributed by atoms with van der Waals surface area (Å²) in [6.45, 7) is 4.25. The summed E-state index contributed by atoms with van der Waals surface area (Å²) in [4.78, 5) is 0. The molecule has 1 saturated heterocycles. The summed E-state index contributed by atoms with van der Waals surface area (Å²) < 4.78 is 19.1. The van der Waals surface area contributed by atoms with Crippen LogP contribution in [0.1, 0.15) is 43.2 Å². The van der Waals surface area contributed by atoms with E-state index in [2.05, 4.69) is 5.32 Å². The molecule has 0 aliphatic carbocycles. The zero-order chi connectivity index (χ0) is 16.0. The van der Waals surface area contributed by atoms with Crippen LogP contribution in [0.4, 0.5) is 4.39 Å². The average Bonchev–Trinajstić information content (AvgIpc) is 2.55. The minimum atomic E-state index is -0.965. The summed E-state index contributed by atoms with van der Waals surface area (Å²) in [5.41, 5.74) is 0.355. The van der Waals surface area contributed by atoms with Crippen molar-refractivity contribution in [3.8, 4) is 0 Å². The fraction of sp³-hybridized carbons (Fsp3) is 0.667. The van der Waals surface area contributed by atoms with Crippen LogP contribution in [0.5, 0.6) is 0 Å². The number of hydrogen-bond acceptors (Lipinski definition) is 3. The third-order valence-corrected chi connectivity index (χ3v) is 4.86. The summed E-state index contributed by atoms with van der Waals surface area (Å²) in [6.07, 6.45) is 4.46. The van der Waals surface area contributed by atoms with E-state index < -0.39 is 5.60 Å². The Labute approximate surface area is 132 Å². The number of methoxy groups -OCH3 is 1. The van der Waals surface area contributed by atoms with Crippen molar-refractivity contribution >= 4 is 0 Å². The van der Waals surface area contributed by atoms with Gasteiger partial charge in [0.2, 0.25) is 0 Å². The van der Waals surface area contributed by atoms with E-state index in [0.29, 0.717) is 18.6 Å². The molecule has 1 aliphatic heterocycles. The summed E-state index contributed by atoms with van der Waals surface area (Å²) >= 11 is 0. The van der Waals surface area contributed by atoms with Crippen molar-refractivity contribution in [2.24, 2.45) is 5.92 Å². The van der Waals surface area contributed by atoms with E-state index in [-0.39, 0.29) is 11.7 Å². The van der Waals surface area contributed by atoms with Gasteiger partial charge in [-0.3, -0.25) is 0 Å². The number of piperidine rings is 1. The van der Waals surface area contributed by atoms with Gasteiger partial charge in [0.15, 0.2) is 0 Å². The van der Waals surface area contributed by atoms with E-state index in [1.807, 2.05) is 6.07 Å². The highest BCUT2D eigenvalue weighted by atomic mass is 19.1. The van der Waals surface area contributed by atoms with Gasteiger partial charge in [0.25, 0.3) is 0 Å². The standard InChI is InChI=1S/C18H28FNO2/c1-14-16(8-5-9-17(14)19)18(21,10-3-4-12-22-2)15-7-6-11-20-13-15/h5,8-9,15,20-21H,3-4,6-7,10-13H2,1-2H3/t15?,18-/m0/s1. The molecule has 124 valence electrons. The van der Waals surface area contributed by atoms with Gasteiger partial charge in [0.1, 0.15) is 5.82 Å². The van der Waals surface area contributed by atoms with Gasteiger partial charge in [0, 0.05) is 26.2 Å². The fourth-order valence-corrected chi connectivity index (χ4v) is 3.54. The molecule has 2 rings (SSSR count). The minimum Gasteiger partial charge on any atom is -0.385 e. The third kappa shape index (κ3) is 3.86. The quantitative estimate of drug-likeness (QED) is 0.760. The second-order valence-electron chi connectivity index (χ2n) is 6.33. The number of nitrogens with one attached hydrogen (secondary N) is 1. The van der Waals surface area contributed by atoms with Crippen molar-refractivity contribution in [3.05, 3.63) is 35.1 Å². The molecular formula is C18H28FNO2. The number of halogens is 1. The van der Waals surface area contributed by atoms with E-state index in [1.165, 1.54) is 6.07 Å². The maximum atomic E-state index is 14.0. The Balaban J connectivity index is 2.25. The van der Waals surface area contributed by atoms with Crippen LogP contribution in [-0.2, 0) is 10.3 Å². The van der Waals surface area contributed by atoms with E-state index >= 15 is 0 Å². The van der Waals surface area contributed by atoms with Gasteiger partial charge < -0.3 is 15.2 Å². The van der Waals surface area contributed by atoms with Gasteiger partial charge in [0.05, 0.1) is 5.60 Å². The SMILES string of the molecule is COCCCC[C@@](O)(c1cccc(F)c1C)C1CCCNC1. The first-order valence-electron chi connectivity index (χ1n) is 8.27. The highest BCUT2D eigenvalue weighted by molar-refractivity contribution is 5.33. The van der Waals surface area contributed by atoms with Gasteiger partial charge in [-0.15, -0.1) is 0 Å². The van der Waals surface area contributed by atoms with E-state index in [1.54, 1.807) is 20.1 Å². The molecule has 0 saturated carbocycles. The lowest BCUT2D eigenvalue weighted by molar-refractivity contribution is -0.0441. The zero-order valence-electron chi connectivity index (χ0n) is 13.7. The number of unbranched alkanes of at least 4 members (excludes halogenated alkanes) is 1. The maximum Gasteiger partial charge on any atom is 0.126 e. The lowest BCUT2D eigenvalue weighted by atomic mass is 9.73. The molecule has 1 fully saturated rings. The molecule has 0 radical (unpaired) electrons. The van der Waals surface area contributed by atoms with Crippen LogP contribution in [-0.4, -0.2) is 31.9 Å². The van der Waals surface area contributed by atoms with Gasteiger partial charge in [-0.05, 0) is 62.8 Å². The Bertz CT molecular complexity index is 474. The molecule has 1 aliphatic rings. The van der Waals surface area contributed by atoms with Crippen LogP contribution in [0.15, 0.2) is 18.2 Å². The van der Waals surface area contributed by atoms with Gasteiger partial charge >= 0.3 is 0 Å². The second-order valence-corrected chi connectivity index (χ2v) is 6.33. The molecule has 2 N–H and O–H groups in total. The molecule has 0 spiro atoms. The topological polar surface area (TPSA) is 41.5 Å². The fourth-order valence-electron chi connectivity index (χ4n) is 3.54. The Kier molecular flexibility index (Phi) is 6.36. The van der Waals surface area contributed by atoms with Crippen molar-refractivity contribution in [2.45, 2.75) is 44.6 Å². The first-order chi connectivity index (χ1) is 10.6. The summed E-state index contributed by atoms with van der Waals surface area (Å²) in [5.74, 6) is -0.110. The van der Waals surface area contributed by atoms with E-state index in [0.717, 1.165) is 44.3 Å². The normalized spacial score (nSPS) is 21.5. The summed E-state index contributed by atoms with van der Waals surface area (Å²) in [5, 5.41) is 14.8. The molecule has 3 nitrogen and oxygen atoms in total. The van der Waals surface area contributed by atoms with Crippen LogP contribution in [0.25, 0.3) is 0 Å². The van der Waals surface area contributed by atoms with Crippen molar-refractivity contribution in [2.75, 3.05) is 26.8 Å².